The second-order valence-corrected chi connectivity index (χ2v) is 5.87. The van der Waals surface area contributed by atoms with Crippen LogP contribution in [0, 0.1) is 6.92 Å². The Morgan fingerprint density at radius 1 is 1.17 bits per heavy atom. The van der Waals surface area contributed by atoms with Crippen LogP contribution in [0.1, 0.15) is 29.9 Å². The van der Waals surface area contributed by atoms with Gasteiger partial charge in [0.05, 0.1) is 6.04 Å². The van der Waals surface area contributed by atoms with E-state index in [0.29, 0.717) is 9.54 Å². The van der Waals surface area contributed by atoms with E-state index in [1.54, 1.807) is 12.1 Å². The second-order valence-electron chi connectivity index (χ2n) is 5.44. The Bertz CT molecular complexity index is 870. The van der Waals surface area contributed by atoms with Gasteiger partial charge < -0.3 is 5.32 Å². The Morgan fingerprint density at radius 2 is 1.92 bits per heavy atom. The summed E-state index contributed by atoms with van der Waals surface area (Å²) in [4.78, 5) is 0. The van der Waals surface area contributed by atoms with Crippen LogP contribution in [0.3, 0.4) is 0 Å². The summed E-state index contributed by atoms with van der Waals surface area (Å²) in [6, 6.07) is 8.35. The zero-order valence-corrected chi connectivity index (χ0v) is 13.5. The summed E-state index contributed by atoms with van der Waals surface area (Å²) in [6.45, 7) is 3.78. The SMILES string of the molecule is Cc1cc(Cl)cc([C@@H](C)Nc2ccc3nnc(C(F)(F)F)n3n2)c1. The van der Waals surface area contributed by atoms with Crippen molar-refractivity contribution in [1.82, 2.24) is 19.8 Å². The second kappa shape index (κ2) is 5.94. The van der Waals surface area contributed by atoms with E-state index in [2.05, 4.69) is 20.6 Å². The molecule has 0 bridgehead atoms. The molecule has 0 spiro atoms. The van der Waals surface area contributed by atoms with Crippen LogP contribution in [0.15, 0.2) is 30.3 Å². The van der Waals surface area contributed by atoms with Gasteiger partial charge in [-0.3, -0.25) is 0 Å². The maximum atomic E-state index is 12.9. The number of fused-ring (bicyclic) bond motifs is 1. The third-order valence-corrected chi connectivity index (χ3v) is 3.66. The largest absolute Gasteiger partial charge is 0.453 e. The van der Waals surface area contributed by atoms with Crippen molar-refractivity contribution in [2.24, 2.45) is 0 Å². The standard InChI is InChI=1S/C15H13ClF3N5/c1-8-5-10(7-11(16)6-8)9(2)20-12-3-4-13-21-22-14(15(17,18)19)24(13)23-12/h3-7,9H,1-2H3,(H,20,23)/t9-/m1/s1. The van der Waals surface area contributed by atoms with Gasteiger partial charge in [-0.25, -0.2) is 0 Å². The number of halogens is 4. The van der Waals surface area contributed by atoms with Crippen LogP contribution in [0.25, 0.3) is 5.65 Å². The predicted molar refractivity (Wildman–Crippen MR) is 84.0 cm³/mol. The minimum atomic E-state index is -4.62. The van der Waals surface area contributed by atoms with Crippen molar-refractivity contribution in [1.29, 1.82) is 0 Å². The number of alkyl halides is 3. The predicted octanol–water partition coefficient (Wildman–Crippen LogP) is 4.28. The Hall–Kier alpha value is -2.35. The summed E-state index contributed by atoms with van der Waals surface area (Å²) < 4.78 is 39.4. The normalized spacial score (nSPS) is 13.2. The first-order valence-electron chi connectivity index (χ1n) is 7.07. The highest BCUT2D eigenvalue weighted by Crippen LogP contribution is 2.28. The first-order valence-corrected chi connectivity index (χ1v) is 7.45. The number of aromatic nitrogens is 4. The zero-order valence-electron chi connectivity index (χ0n) is 12.8. The average molecular weight is 356 g/mol. The minimum absolute atomic E-state index is 0.0270. The molecule has 0 fully saturated rings. The molecule has 0 amide bonds. The molecule has 0 unspecified atom stereocenters. The molecular formula is C15H13ClF3N5. The van der Waals surface area contributed by atoms with Crippen molar-refractivity contribution in [2.75, 3.05) is 5.32 Å². The molecule has 0 aliphatic heterocycles. The van der Waals surface area contributed by atoms with Gasteiger partial charge in [0.1, 0.15) is 5.82 Å². The number of nitrogens with one attached hydrogen (secondary N) is 1. The van der Waals surface area contributed by atoms with E-state index in [0.717, 1.165) is 11.1 Å². The van der Waals surface area contributed by atoms with Gasteiger partial charge in [0.2, 0.25) is 0 Å². The highest BCUT2D eigenvalue weighted by Gasteiger charge is 2.37. The minimum Gasteiger partial charge on any atom is -0.362 e. The van der Waals surface area contributed by atoms with E-state index in [4.69, 9.17) is 11.6 Å². The molecule has 126 valence electrons. The van der Waals surface area contributed by atoms with Crippen molar-refractivity contribution < 1.29 is 13.2 Å². The van der Waals surface area contributed by atoms with Crippen LogP contribution < -0.4 is 5.32 Å². The highest BCUT2D eigenvalue weighted by molar-refractivity contribution is 6.30. The highest BCUT2D eigenvalue weighted by atomic mass is 35.5. The molecule has 9 heteroatoms. The van der Waals surface area contributed by atoms with Gasteiger partial charge in [0.15, 0.2) is 5.65 Å². The lowest BCUT2D eigenvalue weighted by atomic mass is 10.1. The summed E-state index contributed by atoms with van der Waals surface area (Å²) >= 11 is 6.04. The Labute approximate surface area is 140 Å². The van der Waals surface area contributed by atoms with Crippen molar-refractivity contribution >= 4 is 23.1 Å². The molecule has 5 nitrogen and oxygen atoms in total. The molecule has 1 atom stereocenters. The summed E-state index contributed by atoms with van der Waals surface area (Å²) in [6.07, 6.45) is -4.62. The van der Waals surface area contributed by atoms with Crippen LogP contribution in [0.2, 0.25) is 5.02 Å². The monoisotopic (exact) mass is 355 g/mol. The molecular weight excluding hydrogens is 343 g/mol. The lowest BCUT2D eigenvalue weighted by molar-refractivity contribution is -0.146. The molecule has 0 radical (unpaired) electrons. The van der Waals surface area contributed by atoms with Crippen LogP contribution in [-0.2, 0) is 6.18 Å². The van der Waals surface area contributed by atoms with E-state index < -0.39 is 12.0 Å². The third kappa shape index (κ3) is 3.28. The lowest BCUT2D eigenvalue weighted by Crippen LogP contribution is -2.14. The van der Waals surface area contributed by atoms with Crippen molar-refractivity contribution in [2.45, 2.75) is 26.1 Å². The number of benzene rings is 1. The molecule has 1 aromatic carbocycles. The zero-order chi connectivity index (χ0) is 17.5. The molecule has 0 aliphatic carbocycles. The smallest absolute Gasteiger partial charge is 0.362 e. The van der Waals surface area contributed by atoms with Gasteiger partial charge in [-0.1, -0.05) is 17.7 Å². The van der Waals surface area contributed by atoms with E-state index in [-0.39, 0.29) is 17.5 Å². The summed E-state index contributed by atoms with van der Waals surface area (Å²) in [5.74, 6) is -0.884. The molecule has 0 aliphatic rings. The molecule has 3 rings (SSSR count). The molecule has 2 heterocycles. The quantitative estimate of drug-likeness (QED) is 0.762. The number of nitrogens with zero attached hydrogens (tertiary/aromatic N) is 4. The fraction of sp³-hybridized carbons (Fsp3) is 0.267. The maximum absolute atomic E-state index is 12.9. The van der Waals surface area contributed by atoms with E-state index >= 15 is 0 Å². The topological polar surface area (TPSA) is 55.1 Å². The number of anilines is 1. The third-order valence-electron chi connectivity index (χ3n) is 3.45. The van der Waals surface area contributed by atoms with Crippen molar-refractivity contribution in [3.63, 3.8) is 0 Å². The molecule has 2 aromatic heterocycles. The van der Waals surface area contributed by atoms with Crippen molar-refractivity contribution in [3.05, 3.63) is 52.3 Å². The molecule has 3 aromatic rings. The average Bonchev–Trinajstić information content (AvgIpc) is 2.89. The van der Waals surface area contributed by atoms with Crippen LogP contribution >= 0.6 is 11.6 Å². The molecule has 0 saturated heterocycles. The molecule has 24 heavy (non-hydrogen) atoms. The van der Waals surface area contributed by atoms with Crippen LogP contribution in [-0.4, -0.2) is 19.8 Å². The van der Waals surface area contributed by atoms with Gasteiger partial charge in [-0.2, -0.15) is 17.7 Å². The van der Waals surface area contributed by atoms with Crippen molar-refractivity contribution in [3.8, 4) is 0 Å². The summed E-state index contributed by atoms with van der Waals surface area (Å²) in [7, 11) is 0. The fourth-order valence-corrected chi connectivity index (χ4v) is 2.66. The van der Waals surface area contributed by atoms with Gasteiger partial charge in [0.25, 0.3) is 5.82 Å². The van der Waals surface area contributed by atoms with E-state index in [9.17, 15) is 13.2 Å². The summed E-state index contributed by atoms with van der Waals surface area (Å²) in [5, 5.41) is 14.2. The Morgan fingerprint density at radius 3 is 2.58 bits per heavy atom. The molecule has 1 N–H and O–H groups in total. The fourth-order valence-electron chi connectivity index (χ4n) is 2.36. The Kier molecular flexibility index (Phi) is 4.08. The summed E-state index contributed by atoms with van der Waals surface area (Å²) in [5.41, 5.74) is 1.92. The van der Waals surface area contributed by atoms with Crippen LogP contribution in [0.4, 0.5) is 19.0 Å². The van der Waals surface area contributed by atoms with Crippen LogP contribution in [0.5, 0.6) is 0 Å². The number of aryl methyl sites for hydroxylation is 1. The number of rotatable bonds is 3. The Balaban J connectivity index is 1.92. The van der Waals surface area contributed by atoms with E-state index in [1.807, 2.05) is 26.0 Å². The molecule has 0 saturated carbocycles. The van der Waals surface area contributed by atoms with Gasteiger partial charge in [-0.15, -0.1) is 15.3 Å². The first-order chi connectivity index (χ1) is 11.2. The number of hydrogen-bond donors (Lipinski definition) is 1. The van der Waals surface area contributed by atoms with Gasteiger partial charge >= 0.3 is 6.18 Å². The maximum Gasteiger partial charge on any atom is 0.453 e. The van der Waals surface area contributed by atoms with Gasteiger partial charge in [-0.05, 0) is 49.2 Å². The van der Waals surface area contributed by atoms with E-state index in [1.165, 1.54) is 6.07 Å². The first kappa shape index (κ1) is 16.5. The lowest BCUT2D eigenvalue weighted by Gasteiger charge is -2.16. The van der Waals surface area contributed by atoms with Gasteiger partial charge in [0, 0.05) is 5.02 Å². The number of hydrogen-bond acceptors (Lipinski definition) is 4.